The molecule has 1 heterocycles. The topological polar surface area (TPSA) is 97.6 Å². The Kier molecular flexibility index (Phi) is 6.58. The van der Waals surface area contributed by atoms with Crippen LogP contribution in [0.4, 0.5) is 13.2 Å². The van der Waals surface area contributed by atoms with Gasteiger partial charge in [0.2, 0.25) is 0 Å². The van der Waals surface area contributed by atoms with E-state index in [4.69, 9.17) is 4.42 Å². The number of amides is 2. The Morgan fingerprint density at radius 2 is 1.74 bits per heavy atom. The number of carbonyl (C=O) groups excluding carboxylic acids is 3. The lowest BCUT2D eigenvalue weighted by atomic mass is 10.1. The van der Waals surface area contributed by atoms with E-state index in [1.54, 1.807) is 12.1 Å². The third-order valence-electron chi connectivity index (χ3n) is 3.27. The Bertz CT molecular complexity index is 786. The molecule has 0 aliphatic rings. The van der Waals surface area contributed by atoms with E-state index in [2.05, 4.69) is 15.4 Å². The first-order chi connectivity index (χ1) is 12.8. The molecule has 27 heavy (non-hydrogen) atoms. The van der Waals surface area contributed by atoms with Gasteiger partial charge >= 0.3 is 12.1 Å². The van der Waals surface area contributed by atoms with Crippen LogP contribution in [0.2, 0.25) is 0 Å². The molecular formula is C17H15F3N2O5. The quantitative estimate of drug-likeness (QED) is 0.711. The van der Waals surface area contributed by atoms with Gasteiger partial charge in [-0.25, -0.2) is 0 Å². The average molecular weight is 384 g/mol. The second kappa shape index (κ2) is 8.88. The first-order valence-electron chi connectivity index (χ1n) is 7.66. The van der Waals surface area contributed by atoms with Crippen LogP contribution < -0.4 is 10.6 Å². The van der Waals surface area contributed by atoms with Crippen molar-refractivity contribution in [2.75, 3.05) is 13.2 Å². The first-order valence-corrected chi connectivity index (χ1v) is 7.66. The summed E-state index contributed by atoms with van der Waals surface area (Å²) in [6.07, 6.45) is -3.06. The summed E-state index contributed by atoms with van der Waals surface area (Å²) in [7, 11) is 0. The van der Waals surface area contributed by atoms with Crippen LogP contribution in [0.25, 0.3) is 0 Å². The number of benzene rings is 1. The SMILES string of the molecule is O=C(COC(=O)CNC(=O)c1ccc(C(F)(F)F)cc1)NCc1ccco1. The molecule has 10 heteroatoms. The van der Waals surface area contributed by atoms with Gasteiger partial charge in [-0.15, -0.1) is 0 Å². The minimum atomic E-state index is -4.50. The largest absolute Gasteiger partial charge is 0.467 e. The number of alkyl halides is 3. The molecule has 0 saturated carbocycles. The van der Waals surface area contributed by atoms with Gasteiger partial charge in [0.1, 0.15) is 12.3 Å². The molecule has 2 aromatic rings. The Morgan fingerprint density at radius 1 is 1.04 bits per heavy atom. The number of hydrogen-bond acceptors (Lipinski definition) is 5. The summed E-state index contributed by atoms with van der Waals surface area (Å²) in [5.74, 6) is -1.65. The van der Waals surface area contributed by atoms with Gasteiger partial charge in [-0.2, -0.15) is 13.2 Å². The molecule has 2 N–H and O–H groups in total. The molecule has 1 aromatic carbocycles. The van der Waals surface area contributed by atoms with Crippen LogP contribution in [-0.4, -0.2) is 30.9 Å². The average Bonchev–Trinajstić information content (AvgIpc) is 3.15. The number of furan rings is 1. The normalized spacial score (nSPS) is 10.9. The van der Waals surface area contributed by atoms with Crippen LogP contribution >= 0.6 is 0 Å². The zero-order valence-corrected chi connectivity index (χ0v) is 13.8. The summed E-state index contributed by atoms with van der Waals surface area (Å²) in [5.41, 5.74) is -0.939. The molecule has 7 nitrogen and oxygen atoms in total. The number of esters is 1. The molecule has 0 aliphatic carbocycles. The predicted molar refractivity (Wildman–Crippen MR) is 85.3 cm³/mol. The molecule has 0 bridgehead atoms. The van der Waals surface area contributed by atoms with E-state index in [1.165, 1.54) is 6.26 Å². The third-order valence-corrected chi connectivity index (χ3v) is 3.27. The van der Waals surface area contributed by atoms with Gasteiger partial charge in [0, 0.05) is 5.56 Å². The van der Waals surface area contributed by atoms with Crippen molar-refractivity contribution in [2.45, 2.75) is 12.7 Å². The van der Waals surface area contributed by atoms with Crippen LogP contribution in [0.1, 0.15) is 21.7 Å². The number of nitrogens with one attached hydrogen (secondary N) is 2. The van der Waals surface area contributed by atoms with Crippen LogP contribution in [0.3, 0.4) is 0 Å². The van der Waals surface area contributed by atoms with Crippen LogP contribution in [-0.2, 0) is 27.0 Å². The van der Waals surface area contributed by atoms with Crippen LogP contribution in [0, 0.1) is 0 Å². The molecule has 1 aromatic heterocycles. The van der Waals surface area contributed by atoms with Gasteiger partial charge in [-0.3, -0.25) is 14.4 Å². The molecular weight excluding hydrogens is 369 g/mol. The van der Waals surface area contributed by atoms with Gasteiger partial charge in [-0.05, 0) is 36.4 Å². The van der Waals surface area contributed by atoms with E-state index in [0.29, 0.717) is 5.76 Å². The summed E-state index contributed by atoms with van der Waals surface area (Å²) in [6.45, 7) is -0.949. The second-order valence-electron chi connectivity index (χ2n) is 5.27. The fourth-order valence-electron chi connectivity index (χ4n) is 1.91. The summed E-state index contributed by atoms with van der Waals surface area (Å²) < 4.78 is 47.1. The van der Waals surface area contributed by atoms with Gasteiger partial charge in [0.25, 0.3) is 11.8 Å². The van der Waals surface area contributed by atoms with Crippen molar-refractivity contribution >= 4 is 17.8 Å². The zero-order chi connectivity index (χ0) is 19.9. The summed E-state index contributed by atoms with van der Waals surface area (Å²) >= 11 is 0. The Morgan fingerprint density at radius 3 is 2.33 bits per heavy atom. The highest BCUT2D eigenvalue weighted by molar-refractivity contribution is 5.96. The molecule has 0 saturated heterocycles. The highest BCUT2D eigenvalue weighted by Crippen LogP contribution is 2.29. The lowest BCUT2D eigenvalue weighted by Gasteiger charge is -2.08. The zero-order valence-electron chi connectivity index (χ0n) is 13.8. The predicted octanol–water partition coefficient (Wildman–Crippen LogP) is 1.89. The fraction of sp³-hybridized carbons (Fsp3) is 0.235. The van der Waals surface area contributed by atoms with E-state index in [9.17, 15) is 27.6 Å². The van der Waals surface area contributed by atoms with Gasteiger partial charge in [0.05, 0.1) is 18.4 Å². The van der Waals surface area contributed by atoms with Crippen molar-refractivity contribution in [3.05, 3.63) is 59.5 Å². The first kappa shape index (κ1) is 20.0. The van der Waals surface area contributed by atoms with Crippen LogP contribution in [0.5, 0.6) is 0 Å². The van der Waals surface area contributed by atoms with Crippen molar-refractivity contribution < 1.29 is 36.7 Å². The molecule has 144 valence electrons. The van der Waals surface area contributed by atoms with E-state index in [-0.39, 0.29) is 12.1 Å². The molecule has 2 amide bonds. The Labute approximate surface area is 151 Å². The maximum atomic E-state index is 12.5. The lowest BCUT2D eigenvalue weighted by Crippen LogP contribution is -2.33. The number of halogens is 3. The van der Waals surface area contributed by atoms with Crippen LogP contribution in [0.15, 0.2) is 47.1 Å². The van der Waals surface area contributed by atoms with Crippen molar-refractivity contribution in [3.63, 3.8) is 0 Å². The molecule has 0 aliphatic heterocycles. The number of rotatable bonds is 7. The van der Waals surface area contributed by atoms with E-state index < -0.39 is 42.7 Å². The standard InChI is InChI=1S/C17H15F3N2O5/c18-17(19,20)12-5-3-11(4-6-12)16(25)22-9-15(24)27-10-14(23)21-8-13-2-1-7-26-13/h1-7H,8-10H2,(H,21,23)(H,22,25). The van der Waals surface area contributed by atoms with E-state index in [0.717, 1.165) is 24.3 Å². The molecule has 0 radical (unpaired) electrons. The van der Waals surface area contributed by atoms with Gasteiger partial charge in [-0.1, -0.05) is 0 Å². The Balaban J connectivity index is 1.70. The summed E-state index contributed by atoms with van der Waals surface area (Å²) in [4.78, 5) is 34.8. The summed E-state index contributed by atoms with van der Waals surface area (Å²) in [6, 6.07) is 6.81. The van der Waals surface area contributed by atoms with Crippen molar-refractivity contribution in [2.24, 2.45) is 0 Å². The highest BCUT2D eigenvalue weighted by atomic mass is 19.4. The monoisotopic (exact) mass is 384 g/mol. The van der Waals surface area contributed by atoms with E-state index >= 15 is 0 Å². The maximum absolute atomic E-state index is 12.5. The molecule has 0 spiro atoms. The Hall–Kier alpha value is -3.30. The molecule has 0 atom stereocenters. The maximum Gasteiger partial charge on any atom is 0.416 e. The van der Waals surface area contributed by atoms with Crippen molar-refractivity contribution in [3.8, 4) is 0 Å². The lowest BCUT2D eigenvalue weighted by molar-refractivity contribution is -0.147. The van der Waals surface area contributed by atoms with Crippen molar-refractivity contribution in [1.29, 1.82) is 0 Å². The third kappa shape index (κ3) is 6.49. The minimum Gasteiger partial charge on any atom is -0.467 e. The number of carbonyl (C=O) groups is 3. The van der Waals surface area contributed by atoms with Gasteiger partial charge < -0.3 is 19.8 Å². The molecule has 0 unspecified atom stereocenters. The number of ether oxygens (including phenoxy) is 1. The molecule has 2 rings (SSSR count). The highest BCUT2D eigenvalue weighted by Gasteiger charge is 2.30. The van der Waals surface area contributed by atoms with Gasteiger partial charge in [0.15, 0.2) is 6.61 Å². The fourth-order valence-corrected chi connectivity index (χ4v) is 1.91. The van der Waals surface area contributed by atoms with Crippen molar-refractivity contribution in [1.82, 2.24) is 10.6 Å². The minimum absolute atomic E-state index is 0.0491. The second-order valence-corrected chi connectivity index (χ2v) is 5.27. The van der Waals surface area contributed by atoms with E-state index in [1.807, 2.05) is 0 Å². The smallest absolute Gasteiger partial charge is 0.416 e. The summed E-state index contributed by atoms with van der Waals surface area (Å²) in [5, 5.41) is 4.65. The molecule has 0 fully saturated rings. The number of hydrogen-bond donors (Lipinski definition) is 2.